The Morgan fingerprint density at radius 1 is 1.32 bits per heavy atom. The number of nitrogens with one attached hydrogen (secondary N) is 1. The normalized spacial score (nSPS) is 10.4. The van der Waals surface area contributed by atoms with E-state index in [2.05, 4.69) is 4.98 Å². The molecule has 1 aromatic carbocycles. The van der Waals surface area contributed by atoms with Crippen LogP contribution in [0.3, 0.4) is 0 Å². The van der Waals surface area contributed by atoms with Crippen LogP contribution in [-0.2, 0) is 6.42 Å². The standard InChI is InChI=1S/C14H17N3OS/c1-3-11-12(13(15)16)19-14(17-11)9-5-7-10(8-6-9)18-4-2/h5-8H,3-4H2,1-2H3,(H3,15,16). The lowest BCUT2D eigenvalue weighted by Crippen LogP contribution is -2.11. The first kappa shape index (κ1) is 13.5. The average Bonchev–Trinajstić information content (AvgIpc) is 2.84. The molecule has 0 saturated heterocycles. The second-order valence-electron chi connectivity index (χ2n) is 4.02. The number of nitrogens with two attached hydrogens (primary N) is 1. The number of rotatable bonds is 5. The molecule has 19 heavy (non-hydrogen) atoms. The van der Waals surface area contributed by atoms with E-state index in [4.69, 9.17) is 15.9 Å². The highest BCUT2D eigenvalue weighted by molar-refractivity contribution is 7.17. The van der Waals surface area contributed by atoms with Gasteiger partial charge >= 0.3 is 0 Å². The number of hydrogen-bond acceptors (Lipinski definition) is 4. The fraction of sp³-hybridized carbons (Fsp3) is 0.286. The van der Waals surface area contributed by atoms with E-state index in [1.807, 2.05) is 38.1 Å². The molecule has 0 amide bonds. The van der Waals surface area contributed by atoms with Crippen molar-refractivity contribution in [1.82, 2.24) is 4.98 Å². The zero-order chi connectivity index (χ0) is 13.8. The van der Waals surface area contributed by atoms with E-state index in [0.29, 0.717) is 6.61 Å². The second kappa shape index (κ2) is 5.84. The number of aryl methyl sites for hydroxylation is 1. The third-order valence-corrected chi connectivity index (χ3v) is 3.87. The summed E-state index contributed by atoms with van der Waals surface area (Å²) in [5.41, 5.74) is 7.49. The molecule has 0 aliphatic carbocycles. The van der Waals surface area contributed by atoms with Crippen LogP contribution >= 0.6 is 11.3 Å². The topological polar surface area (TPSA) is 72.0 Å². The van der Waals surface area contributed by atoms with E-state index in [-0.39, 0.29) is 5.84 Å². The summed E-state index contributed by atoms with van der Waals surface area (Å²) in [4.78, 5) is 5.32. The van der Waals surface area contributed by atoms with Crippen LogP contribution in [-0.4, -0.2) is 17.4 Å². The second-order valence-corrected chi connectivity index (χ2v) is 5.02. The molecular formula is C14H17N3OS. The van der Waals surface area contributed by atoms with Crippen LogP contribution in [0.25, 0.3) is 10.6 Å². The summed E-state index contributed by atoms with van der Waals surface area (Å²) in [5, 5.41) is 8.47. The molecular weight excluding hydrogens is 258 g/mol. The minimum absolute atomic E-state index is 0.0894. The van der Waals surface area contributed by atoms with Crippen molar-refractivity contribution in [2.24, 2.45) is 5.73 Å². The number of nitrogen functional groups attached to an aromatic ring is 1. The van der Waals surface area contributed by atoms with E-state index in [1.54, 1.807) is 0 Å². The summed E-state index contributed by atoms with van der Waals surface area (Å²) in [6.07, 6.45) is 0.780. The van der Waals surface area contributed by atoms with Crippen molar-refractivity contribution in [1.29, 1.82) is 5.41 Å². The molecule has 4 nitrogen and oxygen atoms in total. The lowest BCUT2D eigenvalue weighted by atomic mass is 10.2. The van der Waals surface area contributed by atoms with Crippen molar-refractivity contribution < 1.29 is 4.74 Å². The maximum Gasteiger partial charge on any atom is 0.135 e. The van der Waals surface area contributed by atoms with Crippen LogP contribution in [0.15, 0.2) is 24.3 Å². The molecule has 5 heteroatoms. The van der Waals surface area contributed by atoms with Gasteiger partial charge in [0.2, 0.25) is 0 Å². The molecule has 0 unspecified atom stereocenters. The summed E-state index contributed by atoms with van der Waals surface area (Å²) in [6.45, 7) is 4.63. The summed E-state index contributed by atoms with van der Waals surface area (Å²) < 4.78 is 5.41. The molecule has 1 heterocycles. The highest BCUT2D eigenvalue weighted by Crippen LogP contribution is 2.29. The van der Waals surface area contributed by atoms with Gasteiger partial charge in [0.25, 0.3) is 0 Å². The number of hydrogen-bond donors (Lipinski definition) is 2. The molecule has 1 aromatic heterocycles. The molecule has 2 aromatic rings. The van der Waals surface area contributed by atoms with Gasteiger partial charge in [0, 0.05) is 5.56 Å². The predicted octanol–water partition coefficient (Wildman–Crippen LogP) is 3.06. The highest BCUT2D eigenvalue weighted by atomic mass is 32.1. The van der Waals surface area contributed by atoms with Crippen molar-refractivity contribution >= 4 is 17.2 Å². The van der Waals surface area contributed by atoms with Gasteiger partial charge in [-0.05, 0) is 37.6 Å². The zero-order valence-corrected chi connectivity index (χ0v) is 11.9. The molecule has 3 N–H and O–H groups in total. The smallest absolute Gasteiger partial charge is 0.135 e. The SMILES string of the molecule is CCOc1ccc(-c2nc(CC)c(C(=N)N)s2)cc1. The number of thiazole rings is 1. The predicted molar refractivity (Wildman–Crippen MR) is 79.1 cm³/mol. The fourth-order valence-electron chi connectivity index (χ4n) is 1.79. The Labute approximate surface area is 116 Å². The van der Waals surface area contributed by atoms with Gasteiger partial charge in [0.1, 0.15) is 16.6 Å². The van der Waals surface area contributed by atoms with E-state index in [1.165, 1.54) is 11.3 Å². The van der Waals surface area contributed by atoms with Gasteiger partial charge in [-0.2, -0.15) is 0 Å². The summed E-state index contributed by atoms with van der Waals surface area (Å²) in [6, 6.07) is 7.82. The number of nitrogens with zero attached hydrogens (tertiary/aromatic N) is 1. The van der Waals surface area contributed by atoms with Crippen LogP contribution in [0.2, 0.25) is 0 Å². The highest BCUT2D eigenvalue weighted by Gasteiger charge is 2.13. The first-order valence-corrected chi connectivity index (χ1v) is 7.04. The van der Waals surface area contributed by atoms with E-state index < -0.39 is 0 Å². The van der Waals surface area contributed by atoms with Crippen LogP contribution in [0.5, 0.6) is 5.75 Å². The van der Waals surface area contributed by atoms with Crippen molar-refractivity contribution in [3.63, 3.8) is 0 Å². The fourth-order valence-corrected chi connectivity index (χ4v) is 2.81. The summed E-state index contributed by atoms with van der Waals surface area (Å²) >= 11 is 1.46. The molecule has 0 aliphatic heterocycles. The maximum absolute atomic E-state index is 7.57. The number of amidine groups is 1. The van der Waals surface area contributed by atoms with Crippen molar-refractivity contribution in [2.75, 3.05) is 6.61 Å². The minimum atomic E-state index is 0.0894. The number of aromatic nitrogens is 1. The molecule has 0 atom stereocenters. The van der Waals surface area contributed by atoms with Crippen LogP contribution in [0.4, 0.5) is 0 Å². The Balaban J connectivity index is 2.33. The molecule has 0 spiro atoms. The molecule has 0 fully saturated rings. The average molecular weight is 275 g/mol. The van der Waals surface area contributed by atoms with Gasteiger partial charge in [0.15, 0.2) is 0 Å². The van der Waals surface area contributed by atoms with Gasteiger partial charge in [-0.15, -0.1) is 11.3 Å². The van der Waals surface area contributed by atoms with Crippen molar-refractivity contribution in [2.45, 2.75) is 20.3 Å². The third kappa shape index (κ3) is 2.93. The molecule has 100 valence electrons. The summed E-state index contributed by atoms with van der Waals surface area (Å²) in [5.74, 6) is 0.942. The van der Waals surface area contributed by atoms with Crippen LogP contribution < -0.4 is 10.5 Å². The number of benzene rings is 1. The number of ether oxygens (including phenoxy) is 1. The molecule has 0 radical (unpaired) electrons. The molecule has 0 bridgehead atoms. The monoisotopic (exact) mass is 275 g/mol. The van der Waals surface area contributed by atoms with Crippen LogP contribution in [0.1, 0.15) is 24.4 Å². The van der Waals surface area contributed by atoms with Crippen molar-refractivity contribution in [3.05, 3.63) is 34.8 Å². The molecule has 2 rings (SSSR count). The van der Waals surface area contributed by atoms with Crippen LogP contribution in [0, 0.1) is 5.41 Å². The lowest BCUT2D eigenvalue weighted by molar-refractivity contribution is 0.340. The largest absolute Gasteiger partial charge is 0.494 e. The lowest BCUT2D eigenvalue weighted by Gasteiger charge is -2.02. The Morgan fingerprint density at radius 2 is 2.00 bits per heavy atom. The van der Waals surface area contributed by atoms with E-state index in [0.717, 1.165) is 33.3 Å². The molecule has 0 aliphatic rings. The van der Waals surface area contributed by atoms with E-state index >= 15 is 0 Å². The van der Waals surface area contributed by atoms with Crippen molar-refractivity contribution in [3.8, 4) is 16.3 Å². The van der Waals surface area contributed by atoms with Gasteiger partial charge < -0.3 is 10.5 Å². The third-order valence-electron chi connectivity index (χ3n) is 2.69. The Bertz CT molecular complexity index is 575. The van der Waals surface area contributed by atoms with Gasteiger partial charge in [0.05, 0.1) is 17.2 Å². The summed E-state index contributed by atoms with van der Waals surface area (Å²) in [7, 11) is 0. The van der Waals surface area contributed by atoms with E-state index in [9.17, 15) is 0 Å². The quantitative estimate of drug-likeness (QED) is 0.650. The Morgan fingerprint density at radius 3 is 2.47 bits per heavy atom. The van der Waals surface area contributed by atoms with Gasteiger partial charge in [-0.1, -0.05) is 6.92 Å². The van der Waals surface area contributed by atoms with Gasteiger partial charge in [-0.25, -0.2) is 4.98 Å². The minimum Gasteiger partial charge on any atom is -0.494 e. The Hall–Kier alpha value is -1.88. The first-order valence-electron chi connectivity index (χ1n) is 6.23. The zero-order valence-electron chi connectivity index (χ0n) is 11.1. The molecule has 0 saturated carbocycles. The Kier molecular flexibility index (Phi) is 4.16. The maximum atomic E-state index is 7.57. The van der Waals surface area contributed by atoms with Gasteiger partial charge in [-0.3, -0.25) is 5.41 Å². The first-order chi connectivity index (χ1) is 9.15.